The molecule has 0 bridgehead atoms. The second kappa shape index (κ2) is 8.92. The largest absolute Gasteiger partial charge is 0.465 e. The molecule has 0 saturated carbocycles. The van der Waals surface area contributed by atoms with E-state index >= 15 is 0 Å². The fraction of sp³-hybridized carbons (Fsp3) is 0.929. The van der Waals surface area contributed by atoms with Gasteiger partial charge in [-0.25, -0.2) is 0 Å². The average Bonchev–Trinajstić information content (AvgIpc) is 2.37. The third-order valence-corrected chi connectivity index (χ3v) is 4.14. The van der Waals surface area contributed by atoms with Gasteiger partial charge in [0.05, 0.1) is 6.61 Å². The Morgan fingerprint density at radius 1 is 1.44 bits per heavy atom. The number of nitrogens with zero attached hydrogens (tertiary/aromatic N) is 1. The highest BCUT2D eigenvalue weighted by Crippen LogP contribution is 2.20. The Balaban J connectivity index is 2.41. The van der Waals surface area contributed by atoms with Crippen molar-refractivity contribution in [2.75, 3.05) is 25.0 Å². The van der Waals surface area contributed by atoms with Crippen molar-refractivity contribution in [1.29, 1.82) is 0 Å². The topological polar surface area (TPSA) is 29.5 Å². The van der Waals surface area contributed by atoms with Crippen molar-refractivity contribution in [2.24, 2.45) is 5.92 Å². The van der Waals surface area contributed by atoms with Gasteiger partial charge in [0, 0.05) is 5.33 Å². The number of likely N-dealkylation sites (tertiary alicyclic amines) is 1. The molecule has 0 N–H and O–H groups in total. The molecule has 18 heavy (non-hydrogen) atoms. The van der Waals surface area contributed by atoms with Crippen LogP contribution in [-0.4, -0.2) is 41.9 Å². The first-order valence-corrected chi connectivity index (χ1v) is 8.27. The predicted molar refractivity (Wildman–Crippen MR) is 78.0 cm³/mol. The maximum atomic E-state index is 11.9. The van der Waals surface area contributed by atoms with Crippen LogP contribution in [0.4, 0.5) is 0 Å². The number of alkyl halides is 1. The number of esters is 1. The summed E-state index contributed by atoms with van der Waals surface area (Å²) < 4.78 is 5.18. The summed E-state index contributed by atoms with van der Waals surface area (Å²) in [6, 6.07) is 0.00914. The summed E-state index contributed by atoms with van der Waals surface area (Å²) in [5.41, 5.74) is 0. The lowest BCUT2D eigenvalue weighted by atomic mass is 9.99. The van der Waals surface area contributed by atoms with Crippen LogP contribution < -0.4 is 0 Å². The van der Waals surface area contributed by atoms with Gasteiger partial charge in [-0.2, -0.15) is 0 Å². The van der Waals surface area contributed by atoms with Crippen LogP contribution in [0.2, 0.25) is 0 Å². The van der Waals surface area contributed by atoms with Crippen LogP contribution in [0.25, 0.3) is 0 Å². The van der Waals surface area contributed by atoms with E-state index in [1.807, 2.05) is 6.92 Å². The van der Waals surface area contributed by atoms with Crippen molar-refractivity contribution in [1.82, 2.24) is 4.90 Å². The lowest BCUT2D eigenvalue weighted by Crippen LogP contribution is -2.46. The minimum absolute atomic E-state index is 0.00914. The van der Waals surface area contributed by atoms with Gasteiger partial charge in [-0.3, -0.25) is 9.69 Å². The number of ether oxygens (including phenoxy) is 1. The molecular weight excluding hydrogens is 294 g/mol. The van der Waals surface area contributed by atoms with E-state index in [9.17, 15) is 4.79 Å². The normalized spacial score (nSPS) is 22.7. The smallest absolute Gasteiger partial charge is 0.323 e. The van der Waals surface area contributed by atoms with Crippen molar-refractivity contribution in [3.8, 4) is 0 Å². The zero-order valence-corrected chi connectivity index (χ0v) is 13.2. The summed E-state index contributed by atoms with van der Waals surface area (Å²) >= 11 is 3.48. The van der Waals surface area contributed by atoms with Crippen LogP contribution in [0.1, 0.15) is 46.0 Å². The summed E-state index contributed by atoms with van der Waals surface area (Å²) in [4.78, 5) is 14.2. The molecule has 1 fully saturated rings. The Kier molecular flexibility index (Phi) is 7.91. The van der Waals surface area contributed by atoms with Gasteiger partial charge < -0.3 is 4.74 Å². The minimum atomic E-state index is -0.0228. The standard InChI is InChI=1S/C14H26BrNO2/c1-3-18-14(17)13-6-4-5-10-16(13)11-8-12(2)7-9-15/h12-13H,3-11H2,1-2H3. The van der Waals surface area contributed by atoms with E-state index in [-0.39, 0.29) is 12.0 Å². The van der Waals surface area contributed by atoms with Crippen LogP contribution in [0.5, 0.6) is 0 Å². The van der Waals surface area contributed by atoms with Gasteiger partial charge in [0.15, 0.2) is 0 Å². The van der Waals surface area contributed by atoms with Crippen molar-refractivity contribution in [3.05, 3.63) is 0 Å². The highest BCUT2D eigenvalue weighted by atomic mass is 79.9. The van der Waals surface area contributed by atoms with E-state index in [0.717, 1.165) is 31.3 Å². The number of rotatable bonds is 7. The van der Waals surface area contributed by atoms with E-state index in [1.54, 1.807) is 0 Å². The van der Waals surface area contributed by atoms with Gasteiger partial charge in [0.25, 0.3) is 0 Å². The fourth-order valence-corrected chi connectivity index (χ4v) is 3.26. The van der Waals surface area contributed by atoms with Crippen molar-refractivity contribution >= 4 is 21.9 Å². The minimum Gasteiger partial charge on any atom is -0.465 e. The molecule has 2 atom stereocenters. The summed E-state index contributed by atoms with van der Waals surface area (Å²) in [7, 11) is 0. The second-order valence-electron chi connectivity index (χ2n) is 5.17. The maximum Gasteiger partial charge on any atom is 0.323 e. The van der Waals surface area contributed by atoms with E-state index in [4.69, 9.17) is 4.74 Å². The lowest BCUT2D eigenvalue weighted by Gasteiger charge is -2.34. The molecule has 1 heterocycles. The summed E-state index contributed by atoms with van der Waals surface area (Å²) in [6.45, 7) is 6.72. The highest BCUT2D eigenvalue weighted by Gasteiger charge is 2.29. The SMILES string of the molecule is CCOC(=O)C1CCCCN1CCC(C)CCBr. The zero-order valence-electron chi connectivity index (χ0n) is 11.7. The first-order chi connectivity index (χ1) is 8.69. The molecule has 1 aliphatic rings. The zero-order chi connectivity index (χ0) is 13.4. The first kappa shape index (κ1) is 16.0. The molecule has 1 aliphatic heterocycles. The van der Waals surface area contributed by atoms with E-state index in [1.165, 1.54) is 19.3 Å². The Bertz CT molecular complexity index is 248. The lowest BCUT2D eigenvalue weighted by molar-refractivity contribution is -0.151. The third kappa shape index (κ3) is 5.27. The molecule has 1 rings (SSSR count). The number of carbonyl (C=O) groups is 1. The molecule has 0 amide bonds. The highest BCUT2D eigenvalue weighted by molar-refractivity contribution is 9.09. The summed E-state index contributed by atoms with van der Waals surface area (Å²) in [6.07, 6.45) is 5.70. The number of hydrogen-bond acceptors (Lipinski definition) is 3. The molecule has 0 radical (unpaired) electrons. The molecule has 4 heteroatoms. The second-order valence-corrected chi connectivity index (χ2v) is 5.96. The van der Waals surface area contributed by atoms with Crippen LogP contribution in [0.3, 0.4) is 0 Å². The maximum absolute atomic E-state index is 11.9. The van der Waals surface area contributed by atoms with Gasteiger partial charge in [0.2, 0.25) is 0 Å². The number of hydrogen-bond donors (Lipinski definition) is 0. The molecule has 0 spiro atoms. The third-order valence-electron chi connectivity index (χ3n) is 3.68. The molecule has 0 aromatic heterocycles. The monoisotopic (exact) mass is 319 g/mol. The van der Waals surface area contributed by atoms with Crippen molar-refractivity contribution in [3.63, 3.8) is 0 Å². The average molecular weight is 320 g/mol. The fourth-order valence-electron chi connectivity index (χ4n) is 2.48. The molecule has 3 nitrogen and oxygen atoms in total. The van der Waals surface area contributed by atoms with E-state index in [0.29, 0.717) is 12.5 Å². The van der Waals surface area contributed by atoms with Gasteiger partial charge in [-0.05, 0) is 51.6 Å². The van der Waals surface area contributed by atoms with Crippen molar-refractivity contribution < 1.29 is 9.53 Å². The van der Waals surface area contributed by atoms with E-state index in [2.05, 4.69) is 27.8 Å². The van der Waals surface area contributed by atoms with Crippen LogP contribution in [0, 0.1) is 5.92 Å². The molecule has 1 saturated heterocycles. The van der Waals surface area contributed by atoms with Gasteiger partial charge in [-0.15, -0.1) is 0 Å². The predicted octanol–water partition coefficient (Wildman–Crippen LogP) is 3.22. The first-order valence-electron chi connectivity index (χ1n) is 7.15. The van der Waals surface area contributed by atoms with Crippen LogP contribution in [0.15, 0.2) is 0 Å². The Morgan fingerprint density at radius 3 is 2.89 bits per heavy atom. The number of halogens is 1. The molecule has 0 aromatic carbocycles. The Labute approximate surface area is 119 Å². The molecule has 2 unspecified atom stereocenters. The van der Waals surface area contributed by atoms with Crippen LogP contribution >= 0.6 is 15.9 Å². The molecule has 0 aromatic rings. The van der Waals surface area contributed by atoms with Gasteiger partial charge in [-0.1, -0.05) is 29.3 Å². The van der Waals surface area contributed by atoms with Crippen molar-refractivity contribution in [2.45, 2.75) is 52.0 Å². The van der Waals surface area contributed by atoms with E-state index < -0.39 is 0 Å². The molecule has 0 aliphatic carbocycles. The quantitative estimate of drug-likeness (QED) is 0.533. The molecule has 106 valence electrons. The summed E-state index contributed by atoms with van der Waals surface area (Å²) in [5.74, 6) is 0.694. The summed E-state index contributed by atoms with van der Waals surface area (Å²) in [5, 5.41) is 1.06. The van der Waals surface area contributed by atoms with Crippen LogP contribution in [-0.2, 0) is 9.53 Å². The number of piperidine rings is 1. The molecular formula is C14H26BrNO2. The Morgan fingerprint density at radius 2 is 2.22 bits per heavy atom. The Hall–Kier alpha value is -0.0900. The van der Waals surface area contributed by atoms with Gasteiger partial charge >= 0.3 is 5.97 Å². The number of carbonyl (C=O) groups excluding carboxylic acids is 1. The van der Waals surface area contributed by atoms with Gasteiger partial charge in [0.1, 0.15) is 6.04 Å².